The molecule has 26 heavy (non-hydrogen) atoms. The molecule has 2 aliphatic heterocycles. The molecular formula is C22H31N3O. The number of rotatable bonds is 4. The van der Waals surface area contributed by atoms with Crippen molar-refractivity contribution >= 4 is 17.2 Å². The highest BCUT2D eigenvalue weighted by Crippen LogP contribution is 2.48. The molecule has 1 aliphatic carbocycles. The average Bonchev–Trinajstić information content (AvgIpc) is 3.04. The highest BCUT2D eigenvalue weighted by molar-refractivity contribution is 5.87. The van der Waals surface area contributed by atoms with Crippen LogP contribution in [0.1, 0.15) is 50.7 Å². The lowest BCUT2D eigenvalue weighted by Gasteiger charge is -2.43. The molecule has 0 fully saturated rings. The summed E-state index contributed by atoms with van der Waals surface area (Å²) in [6.45, 7) is 9.11. The normalized spacial score (nSPS) is 26.8. The van der Waals surface area contributed by atoms with E-state index in [-0.39, 0.29) is 17.9 Å². The maximum atomic E-state index is 13.2. The van der Waals surface area contributed by atoms with Crippen LogP contribution in [0.15, 0.2) is 24.3 Å². The fourth-order valence-electron chi connectivity index (χ4n) is 5.07. The third kappa shape index (κ3) is 2.75. The number of nitrogens with zero attached hydrogens (tertiary/aromatic N) is 2. The van der Waals surface area contributed by atoms with Crippen molar-refractivity contribution in [3.05, 3.63) is 35.4 Å². The summed E-state index contributed by atoms with van der Waals surface area (Å²) in [4.78, 5) is 17.7. The Balaban J connectivity index is 1.71. The van der Waals surface area contributed by atoms with Crippen LogP contribution in [0.4, 0.5) is 5.69 Å². The van der Waals surface area contributed by atoms with Crippen molar-refractivity contribution < 1.29 is 4.79 Å². The van der Waals surface area contributed by atoms with E-state index >= 15 is 0 Å². The molecule has 1 N–H and O–H groups in total. The highest BCUT2D eigenvalue weighted by Gasteiger charge is 2.41. The smallest absolute Gasteiger partial charge is 0.231 e. The van der Waals surface area contributed by atoms with Crippen molar-refractivity contribution in [2.45, 2.75) is 51.6 Å². The van der Waals surface area contributed by atoms with Gasteiger partial charge in [0.2, 0.25) is 5.91 Å². The molecule has 1 amide bonds. The Labute approximate surface area is 157 Å². The zero-order chi connectivity index (χ0) is 18.4. The maximum Gasteiger partial charge on any atom is 0.231 e. The number of fused-ring (bicyclic) bond motifs is 2. The minimum absolute atomic E-state index is 0.0398. The van der Waals surface area contributed by atoms with E-state index < -0.39 is 0 Å². The molecule has 0 aromatic heterocycles. The van der Waals surface area contributed by atoms with Gasteiger partial charge < -0.3 is 10.2 Å². The second kappa shape index (κ2) is 6.73. The van der Waals surface area contributed by atoms with Crippen LogP contribution in [0.2, 0.25) is 0 Å². The number of nitrogens with one attached hydrogen (secondary N) is 1. The molecule has 0 spiro atoms. The van der Waals surface area contributed by atoms with Crippen LogP contribution in [-0.4, -0.2) is 54.5 Å². The standard InChI is InChI=1S/C22H31N3O/c1-5-9-25(14(2)3)22(26)16-10-18-17-7-6-8-19-21(17)15(12-23-19)11-20(18)24(4)13-16/h6-8,10,14-16,20,23H,5,9,11-13H2,1-4H3/t15?,16-,20-/m1/s1. The van der Waals surface area contributed by atoms with E-state index in [0.29, 0.717) is 12.0 Å². The first-order valence-corrected chi connectivity index (χ1v) is 10.1. The number of carbonyl (C=O) groups excluding carboxylic acids is 1. The van der Waals surface area contributed by atoms with Gasteiger partial charge in [0, 0.05) is 43.3 Å². The Morgan fingerprint density at radius 2 is 2.19 bits per heavy atom. The van der Waals surface area contributed by atoms with Crippen molar-refractivity contribution in [2.75, 3.05) is 32.0 Å². The van der Waals surface area contributed by atoms with Crippen LogP contribution in [-0.2, 0) is 4.79 Å². The first-order chi connectivity index (χ1) is 12.5. The summed E-state index contributed by atoms with van der Waals surface area (Å²) in [7, 11) is 2.19. The second-order valence-corrected chi connectivity index (χ2v) is 8.39. The molecule has 3 atom stereocenters. The topological polar surface area (TPSA) is 35.6 Å². The molecule has 0 saturated carbocycles. The lowest BCUT2D eigenvalue weighted by Crippen LogP contribution is -2.49. The summed E-state index contributed by atoms with van der Waals surface area (Å²) in [5.41, 5.74) is 5.50. The fourth-order valence-corrected chi connectivity index (χ4v) is 5.07. The molecule has 1 unspecified atom stereocenters. The predicted octanol–water partition coefficient (Wildman–Crippen LogP) is 3.56. The van der Waals surface area contributed by atoms with E-state index in [1.165, 1.54) is 22.4 Å². The molecule has 2 heterocycles. The Morgan fingerprint density at radius 3 is 2.92 bits per heavy atom. The van der Waals surface area contributed by atoms with Crippen LogP contribution in [0.3, 0.4) is 0 Å². The lowest BCUT2D eigenvalue weighted by atomic mass is 9.74. The molecule has 1 aromatic rings. The van der Waals surface area contributed by atoms with Gasteiger partial charge in [-0.25, -0.2) is 0 Å². The molecule has 4 nitrogen and oxygen atoms in total. The predicted molar refractivity (Wildman–Crippen MR) is 107 cm³/mol. The first-order valence-electron chi connectivity index (χ1n) is 10.1. The minimum Gasteiger partial charge on any atom is -0.384 e. The van der Waals surface area contributed by atoms with Gasteiger partial charge >= 0.3 is 0 Å². The van der Waals surface area contributed by atoms with Crippen molar-refractivity contribution in [1.82, 2.24) is 9.80 Å². The highest BCUT2D eigenvalue weighted by atomic mass is 16.2. The summed E-state index contributed by atoms with van der Waals surface area (Å²) in [5, 5.41) is 3.57. The number of hydrogen-bond acceptors (Lipinski definition) is 3. The quantitative estimate of drug-likeness (QED) is 0.899. The summed E-state index contributed by atoms with van der Waals surface area (Å²) in [5.74, 6) is 0.847. The summed E-state index contributed by atoms with van der Waals surface area (Å²) in [6.07, 6.45) is 4.45. The van der Waals surface area contributed by atoms with E-state index in [2.05, 4.69) is 67.2 Å². The molecule has 4 heteroatoms. The summed E-state index contributed by atoms with van der Waals surface area (Å²) < 4.78 is 0. The number of benzene rings is 1. The Morgan fingerprint density at radius 1 is 1.38 bits per heavy atom. The molecule has 3 aliphatic rings. The van der Waals surface area contributed by atoms with E-state index in [9.17, 15) is 4.79 Å². The van der Waals surface area contributed by atoms with E-state index in [1.54, 1.807) is 0 Å². The van der Waals surface area contributed by atoms with Gasteiger partial charge in [-0.2, -0.15) is 0 Å². The summed E-state index contributed by atoms with van der Waals surface area (Å²) in [6, 6.07) is 7.28. The van der Waals surface area contributed by atoms with E-state index in [0.717, 1.165) is 32.5 Å². The monoisotopic (exact) mass is 353 g/mol. The third-order valence-corrected chi connectivity index (χ3v) is 6.32. The Bertz CT molecular complexity index is 739. The van der Waals surface area contributed by atoms with Gasteiger partial charge in [0.25, 0.3) is 0 Å². The molecule has 140 valence electrons. The fraction of sp³-hybridized carbons (Fsp3) is 0.591. The van der Waals surface area contributed by atoms with E-state index in [1.807, 2.05) is 0 Å². The number of hydrogen-bond donors (Lipinski definition) is 1. The Hall–Kier alpha value is -1.81. The molecular weight excluding hydrogens is 322 g/mol. The SMILES string of the molecule is CCCN(C(=O)[C@@H]1C=C2c3cccc4c3C(CN4)C[C@H]2N(C)C1)C(C)C. The van der Waals surface area contributed by atoms with Gasteiger partial charge in [-0.1, -0.05) is 25.1 Å². The van der Waals surface area contributed by atoms with Crippen LogP contribution >= 0.6 is 0 Å². The number of carbonyl (C=O) groups is 1. The van der Waals surface area contributed by atoms with Gasteiger partial charge in [0.05, 0.1) is 5.92 Å². The van der Waals surface area contributed by atoms with Crippen LogP contribution in [0, 0.1) is 5.92 Å². The molecule has 0 bridgehead atoms. The van der Waals surface area contributed by atoms with Crippen LogP contribution in [0.25, 0.3) is 5.57 Å². The molecule has 1 aromatic carbocycles. The van der Waals surface area contributed by atoms with Gasteiger partial charge in [-0.3, -0.25) is 9.69 Å². The van der Waals surface area contributed by atoms with Crippen LogP contribution < -0.4 is 5.32 Å². The molecule has 0 radical (unpaired) electrons. The van der Waals surface area contributed by atoms with Crippen LogP contribution in [0.5, 0.6) is 0 Å². The van der Waals surface area contributed by atoms with E-state index in [4.69, 9.17) is 0 Å². The van der Waals surface area contributed by atoms with Crippen molar-refractivity contribution in [3.8, 4) is 0 Å². The first kappa shape index (κ1) is 17.6. The minimum atomic E-state index is -0.0398. The molecule has 4 rings (SSSR count). The number of likely N-dealkylation sites (N-methyl/N-ethyl adjacent to an activating group) is 1. The largest absolute Gasteiger partial charge is 0.384 e. The third-order valence-electron chi connectivity index (χ3n) is 6.32. The second-order valence-electron chi connectivity index (χ2n) is 8.39. The number of anilines is 1. The average molecular weight is 354 g/mol. The van der Waals surface area contributed by atoms with Gasteiger partial charge in [0.1, 0.15) is 0 Å². The van der Waals surface area contributed by atoms with Crippen molar-refractivity contribution in [2.24, 2.45) is 5.92 Å². The van der Waals surface area contributed by atoms with Crippen molar-refractivity contribution in [1.29, 1.82) is 0 Å². The number of amides is 1. The Kier molecular flexibility index (Phi) is 4.55. The maximum absolute atomic E-state index is 13.2. The lowest BCUT2D eigenvalue weighted by molar-refractivity contribution is -0.136. The van der Waals surface area contributed by atoms with Gasteiger partial charge in [-0.05, 0) is 56.5 Å². The van der Waals surface area contributed by atoms with Gasteiger partial charge in [0.15, 0.2) is 0 Å². The zero-order valence-corrected chi connectivity index (χ0v) is 16.5. The molecule has 0 saturated heterocycles. The van der Waals surface area contributed by atoms with Gasteiger partial charge in [-0.15, -0.1) is 0 Å². The zero-order valence-electron chi connectivity index (χ0n) is 16.5. The van der Waals surface area contributed by atoms with Crippen molar-refractivity contribution in [3.63, 3.8) is 0 Å². The summed E-state index contributed by atoms with van der Waals surface area (Å²) >= 11 is 0.